The van der Waals surface area contributed by atoms with Crippen LogP contribution in [0.4, 0.5) is 17.1 Å². The Hall–Kier alpha value is -6.18. The number of nitrogens with zero attached hydrogens (tertiary/aromatic N) is 1. The van der Waals surface area contributed by atoms with Gasteiger partial charge in [0, 0.05) is 22.5 Å². The van der Waals surface area contributed by atoms with E-state index in [4.69, 9.17) is 0 Å². The Labute approximate surface area is 336 Å². The van der Waals surface area contributed by atoms with E-state index >= 15 is 0 Å². The second-order valence-electron chi connectivity index (χ2n) is 17.4. The van der Waals surface area contributed by atoms with E-state index in [-0.39, 0.29) is 5.41 Å². The van der Waals surface area contributed by atoms with E-state index in [0.29, 0.717) is 0 Å². The molecule has 0 radical (unpaired) electrons. The normalized spacial score (nSPS) is 22.5. The van der Waals surface area contributed by atoms with Crippen LogP contribution in [0.5, 0.6) is 0 Å². The lowest BCUT2D eigenvalue weighted by molar-refractivity contribution is -0.0399. The predicted octanol–water partition coefficient (Wildman–Crippen LogP) is 15.0. The first-order valence-electron chi connectivity index (χ1n) is 21.1. The third kappa shape index (κ3) is 5.21. The highest BCUT2D eigenvalue weighted by atomic mass is 15.1. The molecular weight excluding hydrogens is 687 g/mol. The van der Waals surface area contributed by atoms with Crippen molar-refractivity contribution >= 4 is 27.8 Å². The third-order valence-corrected chi connectivity index (χ3v) is 14.5. The molecule has 0 unspecified atom stereocenters. The van der Waals surface area contributed by atoms with Crippen molar-refractivity contribution in [3.63, 3.8) is 0 Å². The van der Waals surface area contributed by atoms with Gasteiger partial charge < -0.3 is 4.90 Å². The SMILES string of the molecule is c1ccc(-c2ccc(-c3ccc(N(c4ccc(-c5ccc6c(c5)C5(c7ccccc7-6)C6CC7CC(C6)CC5C7)cc4)c4ccc5ccccc5c4)cc3)cc2)cc1. The molecule has 5 aliphatic carbocycles. The van der Waals surface area contributed by atoms with Gasteiger partial charge in [-0.1, -0.05) is 146 Å². The summed E-state index contributed by atoms with van der Waals surface area (Å²) < 4.78 is 0. The van der Waals surface area contributed by atoms with Crippen LogP contribution in [0.15, 0.2) is 188 Å². The molecule has 0 amide bonds. The van der Waals surface area contributed by atoms with Gasteiger partial charge in [-0.2, -0.15) is 0 Å². The van der Waals surface area contributed by atoms with Gasteiger partial charge in [0.15, 0.2) is 0 Å². The quantitative estimate of drug-likeness (QED) is 0.165. The molecule has 57 heavy (non-hydrogen) atoms. The first-order valence-corrected chi connectivity index (χ1v) is 21.1. The van der Waals surface area contributed by atoms with Gasteiger partial charge in [-0.15, -0.1) is 0 Å². The lowest BCUT2D eigenvalue weighted by atomic mass is 9.43. The Morgan fingerprint density at radius 3 is 1.46 bits per heavy atom. The summed E-state index contributed by atoms with van der Waals surface area (Å²) >= 11 is 0. The Balaban J connectivity index is 0.906. The summed E-state index contributed by atoms with van der Waals surface area (Å²) in [5.41, 5.74) is 17.4. The summed E-state index contributed by atoms with van der Waals surface area (Å²) in [6, 6.07) is 70.3. The minimum absolute atomic E-state index is 0.179. The van der Waals surface area contributed by atoms with Gasteiger partial charge in [-0.3, -0.25) is 0 Å². The Bertz CT molecular complexity index is 2750. The lowest BCUT2D eigenvalue weighted by Gasteiger charge is -2.61. The zero-order chi connectivity index (χ0) is 37.5. The Kier molecular flexibility index (Phi) is 7.49. The molecule has 8 aromatic carbocycles. The molecule has 0 atom stereocenters. The van der Waals surface area contributed by atoms with Gasteiger partial charge in [0.05, 0.1) is 0 Å². The van der Waals surface area contributed by atoms with Crippen molar-refractivity contribution in [1.82, 2.24) is 0 Å². The number of hydrogen-bond acceptors (Lipinski definition) is 1. The zero-order valence-electron chi connectivity index (χ0n) is 32.2. The molecule has 0 aliphatic heterocycles. The van der Waals surface area contributed by atoms with Crippen molar-refractivity contribution in [1.29, 1.82) is 0 Å². The molecule has 4 bridgehead atoms. The van der Waals surface area contributed by atoms with Crippen LogP contribution in [0, 0.1) is 23.7 Å². The fourth-order valence-corrected chi connectivity index (χ4v) is 12.2. The molecule has 4 fully saturated rings. The van der Waals surface area contributed by atoms with E-state index < -0.39 is 0 Å². The molecule has 1 heteroatoms. The second-order valence-corrected chi connectivity index (χ2v) is 17.4. The highest BCUT2D eigenvalue weighted by molar-refractivity contribution is 5.90. The minimum atomic E-state index is 0.179. The van der Waals surface area contributed by atoms with Crippen LogP contribution < -0.4 is 4.90 Å². The second kappa shape index (κ2) is 12.9. The number of benzene rings is 8. The molecular formula is C56H45N. The van der Waals surface area contributed by atoms with Crippen molar-refractivity contribution in [2.75, 3.05) is 4.90 Å². The van der Waals surface area contributed by atoms with Gasteiger partial charge in [0.1, 0.15) is 0 Å². The average molecular weight is 732 g/mol. The largest absolute Gasteiger partial charge is 0.310 e. The fourth-order valence-electron chi connectivity index (χ4n) is 12.2. The summed E-state index contributed by atoms with van der Waals surface area (Å²) in [4.78, 5) is 2.40. The predicted molar refractivity (Wildman–Crippen MR) is 238 cm³/mol. The van der Waals surface area contributed by atoms with Crippen LogP contribution in [0.25, 0.3) is 55.3 Å². The van der Waals surface area contributed by atoms with Crippen LogP contribution >= 0.6 is 0 Å². The zero-order valence-corrected chi connectivity index (χ0v) is 32.2. The van der Waals surface area contributed by atoms with Crippen LogP contribution in [0.1, 0.15) is 43.2 Å². The van der Waals surface area contributed by atoms with E-state index in [1.54, 1.807) is 11.1 Å². The first-order chi connectivity index (χ1) is 28.2. The van der Waals surface area contributed by atoms with Crippen LogP contribution in [-0.4, -0.2) is 0 Å². The summed E-state index contributed by atoms with van der Waals surface area (Å²) in [7, 11) is 0. The fraction of sp³-hybridized carbons (Fsp3) is 0.179. The number of fused-ring (bicyclic) bond motifs is 4. The number of rotatable bonds is 6. The highest BCUT2D eigenvalue weighted by Crippen LogP contribution is 2.69. The lowest BCUT2D eigenvalue weighted by Crippen LogP contribution is -2.55. The topological polar surface area (TPSA) is 3.24 Å². The van der Waals surface area contributed by atoms with E-state index in [1.807, 2.05) is 0 Å². The summed E-state index contributed by atoms with van der Waals surface area (Å²) in [5, 5.41) is 2.49. The average Bonchev–Trinajstić information content (AvgIpc) is 3.56. The molecule has 1 spiro atoms. The van der Waals surface area contributed by atoms with Crippen molar-refractivity contribution in [2.45, 2.75) is 37.5 Å². The Morgan fingerprint density at radius 2 is 0.807 bits per heavy atom. The molecule has 1 nitrogen and oxygen atoms in total. The molecule has 13 rings (SSSR count). The molecule has 274 valence electrons. The van der Waals surface area contributed by atoms with E-state index in [9.17, 15) is 0 Å². The van der Waals surface area contributed by atoms with Gasteiger partial charge >= 0.3 is 0 Å². The van der Waals surface area contributed by atoms with Gasteiger partial charge in [-0.25, -0.2) is 0 Å². The van der Waals surface area contributed by atoms with Crippen LogP contribution in [0.2, 0.25) is 0 Å². The van der Waals surface area contributed by atoms with Gasteiger partial charge in [-0.05, 0) is 165 Å². The van der Waals surface area contributed by atoms with Crippen molar-refractivity contribution < 1.29 is 0 Å². The first kappa shape index (κ1) is 33.0. The minimum Gasteiger partial charge on any atom is -0.310 e. The van der Waals surface area contributed by atoms with Gasteiger partial charge in [0.25, 0.3) is 0 Å². The van der Waals surface area contributed by atoms with E-state index in [2.05, 4.69) is 193 Å². The maximum absolute atomic E-state index is 2.61. The van der Waals surface area contributed by atoms with Crippen molar-refractivity contribution in [3.05, 3.63) is 199 Å². The molecule has 8 aromatic rings. The van der Waals surface area contributed by atoms with Crippen LogP contribution in [-0.2, 0) is 5.41 Å². The highest BCUT2D eigenvalue weighted by Gasteiger charge is 2.61. The monoisotopic (exact) mass is 731 g/mol. The Morgan fingerprint density at radius 1 is 0.333 bits per heavy atom. The van der Waals surface area contributed by atoms with Crippen molar-refractivity contribution in [3.8, 4) is 44.5 Å². The molecule has 5 aliphatic rings. The van der Waals surface area contributed by atoms with Gasteiger partial charge in [0.2, 0.25) is 0 Å². The maximum Gasteiger partial charge on any atom is 0.0468 e. The molecule has 0 saturated heterocycles. The number of hydrogen-bond donors (Lipinski definition) is 0. The summed E-state index contributed by atoms with van der Waals surface area (Å²) in [6.07, 6.45) is 7.11. The maximum atomic E-state index is 2.61. The van der Waals surface area contributed by atoms with Crippen LogP contribution in [0.3, 0.4) is 0 Å². The molecule has 0 N–H and O–H groups in total. The van der Waals surface area contributed by atoms with Crippen molar-refractivity contribution in [2.24, 2.45) is 23.7 Å². The molecule has 4 saturated carbocycles. The standard InChI is InChI=1S/C56H45N/c1-2-8-39(9-3-1)41-14-16-42(17-15-41)43-18-24-49(25-19-43)57(51-28-22-40-10-4-5-11-45(40)35-51)50-26-20-44(21-27-50)46-23-29-53-52-12-6-7-13-54(52)56(55(53)36-46)47-31-37-30-38(33-47)34-48(56)32-37/h1-29,35-38,47-48H,30-34H2. The number of anilines is 3. The van der Waals surface area contributed by atoms with E-state index in [1.165, 1.54) is 87.4 Å². The summed E-state index contributed by atoms with van der Waals surface area (Å²) in [5.74, 6) is 3.42. The third-order valence-electron chi connectivity index (χ3n) is 14.5. The smallest absolute Gasteiger partial charge is 0.0468 e. The molecule has 0 aromatic heterocycles. The van der Waals surface area contributed by atoms with E-state index in [0.717, 1.165) is 40.7 Å². The molecule has 0 heterocycles. The summed E-state index contributed by atoms with van der Waals surface area (Å²) in [6.45, 7) is 0.